The number of benzene rings is 3. The molecule has 0 saturated carbocycles. The average molecular weight is 349 g/mol. The summed E-state index contributed by atoms with van der Waals surface area (Å²) in [6.07, 6.45) is 0. The smallest absolute Gasteiger partial charge is 0.143 e. The third kappa shape index (κ3) is 4.39. The van der Waals surface area contributed by atoms with Crippen LogP contribution < -0.4 is 5.73 Å². The zero-order valence-corrected chi connectivity index (χ0v) is 14.9. The average Bonchev–Trinajstić information content (AvgIpc) is 2.59. The molecular weight excluding hydrogens is 330 g/mol. The Balaban J connectivity index is 1.78. The van der Waals surface area contributed by atoms with Gasteiger partial charge in [-0.15, -0.1) is 10.2 Å². The van der Waals surface area contributed by atoms with Gasteiger partial charge in [0, 0.05) is 9.79 Å². The largest absolute Gasteiger partial charge is 0.506 e. The highest BCUT2D eigenvalue weighted by atomic mass is 32.2. The van der Waals surface area contributed by atoms with E-state index in [4.69, 9.17) is 5.73 Å². The number of hydrogen-bond acceptors (Lipinski definition) is 5. The predicted molar refractivity (Wildman–Crippen MR) is 103 cm³/mol. The molecule has 3 N–H and O–H groups in total. The van der Waals surface area contributed by atoms with Gasteiger partial charge in [0.2, 0.25) is 0 Å². The third-order valence-electron chi connectivity index (χ3n) is 3.65. The predicted octanol–water partition coefficient (Wildman–Crippen LogP) is 6.16. The molecule has 0 heterocycles. The Bertz CT molecular complexity index is 921. The van der Waals surface area contributed by atoms with Crippen molar-refractivity contribution in [2.45, 2.75) is 23.6 Å². The number of aromatic hydroxyl groups is 1. The van der Waals surface area contributed by atoms with Gasteiger partial charge in [-0.25, -0.2) is 0 Å². The molecule has 0 spiro atoms. The van der Waals surface area contributed by atoms with E-state index in [1.165, 1.54) is 5.56 Å². The van der Waals surface area contributed by atoms with Crippen LogP contribution >= 0.6 is 11.8 Å². The second-order valence-electron chi connectivity index (χ2n) is 5.83. The molecule has 0 aliphatic rings. The summed E-state index contributed by atoms with van der Waals surface area (Å²) in [5, 5.41) is 18.1. The van der Waals surface area contributed by atoms with E-state index in [-0.39, 0.29) is 5.75 Å². The van der Waals surface area contributed by atoms with Gasteiger partial charge in [-0.3, -0.25) is 0 Å². The minimum absolute atomic E-state index is 0.0967. The van der Waals surface area contributed by atoms with Crippen molar-refractivity contribution in [2.24, 2.45) is 10.2 Å². The van der Waals surface area contributed by atoms with E-state index >= 15 is 0 Å². The Morgan fingerprint density at radius 3 is 2.12 bits per heavy atom. The quantitative estimate of drug-likeness (QED) is 0.438. The molecule has 0 unspecified atom stereocenters. The highest BCUT2D eigenvalue weighted by Crippen LogP contribution is 2.34. The Labute approximate surface area is 151 Å². The molecule has 0 radical (unpaired) electrons. The molecule has 0 aliphatic heterocycles. The molecule has 0 amide bonds. The Morgan fingerprint density at radius 1 is 0.760 bits per heavy atom. The van der Waals surface area contributed by atoms with E-state index in [9.17, 15) is 5.11 Å². The summed E-state index contributed by atoms with van der Waals surface area (Å²) in [5.41, 5.74) is 9.90. The van der Waals surface area contributed by atoms with Crippen LogP contribution in [0.1, 0.15) is 11.1 Å². The van der Waals surface area contributed by atoms with Crippen molar-refractivity contribution in [1.29, 1.82) is 0 Å². The van der Waals surface area contributed by atoms with Gasteiger partial charge >= 0.3 is 0 Å². The Hall–Kier alpha value is -2.79. The first-order valence-electron chi connectivity index (χ1n) is 7.87. The SMILES string of the molecule is Cc1ccc(Sc2ccc(N=Nc3cc(C)ccc3O)c(N)c2)cc1. The van der Waals surface area contributed by atoms with E-state index in [0.29, 0.717) is 17.1 Å². The van der Waals surface area contributed by atoms with Crippen LogP contribution in [-0.2, 0) is 0 Å². The third-order valence-corrected chi connectivity index (χ3v) is 4.65. The number of azo groups is 1. The molecular formula is C20H19N3OS. The van der Waals surface area contributed by atoms with Gasteiger partial charge in [0.1, 0.15) is 17.1 Å². The van der Waals surface area contributed by atoms with Crippen LogP contribution in [0.2, 0.25) is 0 Å². The highest BCUT2D eigenvalue weighted by Gasteiger charge is 2.04. The lowest BCUT2D eigenvalue weighted by Crippen LogP contribution is -1.86. The van der Waals surface area contributed by atoms with Crippen LogP contribution in [0, 0.1) is 13.8 Å². The minimum atomic E-state index is 0.0967. The number of rotatable bonds is 4. The molecule has 3 aromatic carbocycles. The monoisotopic (exact) mass is 349 g/mol. The maximum Gasteiger partial charge on any atom is 0.143 e. The maximum absolute atomic E-state index is 9.82. The summed E-state index contributed by atoms with van der Waals surface area (Å²) in [5.74, 6) is 0.0967. The molecule has 4 nitrogen and oxygen atoms in total. The lowest BCUT2D eigenvalue weighted by Gasteiger charge is -2.05. The molecule has 126 valence electrons. The lowest BCUT2D eigenvalue weighted by atomic mass is 10.2. The molecule has 0 bridgehead atoms. The highest BCUT2D eigenvalue weighted by molar-refractivity contribution is 7.99. The van der Waals surface area contributed by atoms with Gasteiger partial charge in [0.15, 0.2) is 0 Å². The van der Waals surface area contributed by atoms with E-state index in [0.717, 1.165) is 15.4 Å². The van der Waals surface area contributed by atoms with E-state index in [2.05, 4.69) is 41.4 Å². The molecule has 3 rings (SSSR count). The van der Waals surface area contributed by atoms with Crippen LogP contribution in [0.5, 0.6) is 5.75 Å². The zero-order valence-electron chi connectivity index (χ0n) is 14.1. The summed E-state index contributed by atoms with van der Waals surface area (Å²) < 4.78 is 0. The van der Waals surface area contributed by atoms with Gasteiger partial charge in [-0.1, -0.05) is 35.5 Å². The van der Waals surface area contributed by atoms with Gasteiger partial charge in [0.25, 0.3) is 0 Å². The summed E-state index contributed by atoms with van der Waals surface area (Å²) in [4.78, 5) is 2.20. The number of hydrogen-bond donors (Lipinski definition) is 2. The van der Waals surface area contributed by atoms with Crippen LogP contribution in [0.3, 0.4) is 0 Å². The standard InChI is InChI=1S/C20H19N3OS/c1-13-3-6-15(7-4-13)25-16-8-9-18(17(21)12-16)22-23-19-11-14(2)5-10-20(19)24/h3-12,24H,21H2,1-2H3. The summed E-state index contributed by atoms with van der Waals surface area (Å²) in [6, 6.07) is 19.2. The Morgan fingerprint density at radius 2 is 1.40 bits per heavy atom. The molecule has 3 aromatic rings. The van der Waals surface area contributed by atoms with Crippen LogP contribution in [0.15, 0.2) is 80.7 Å². The van der Waals surface area contributed by atoms with Gasteiger partial charge in [-0.05, 0) is 61.9 Å². The first-order valence-corrected chi connectivity index (χ1v) is 8.68. The van der Waals surface area contributed by atoms with Crippen LogP contribution in [0.25, 0.3) is 0 Å². The molecule has 0 atom stereocenters. The van der Waals surface area contributed by atoms with Gasteiger partial charge in [0.05, 0.1) is 5.69 Å². The van der Waals surface area contributed by atoms with Crippen molar-refractivity contribution in [3.63, 3.8) is 0 Å². The topological polar surface area (TPSA) is 71.0 Å². The molecule has 0 aliphatic carbocycles. The second-order valence-corrected chi connectivity index (χ2v) is 6.97. The van der Waals surface area contributed by atoms with E-state index in [1.54, 1.807) is 23.9 Å². The summed E-state index contributed by atoms with van der Waals surface area (Å²) >= 11 is 1.65. The first kappa shape index (κ1) is 17.0. The molecule has 0 saturated heterocycles. The van der Waals surface area contributed by atoms with Crippen LogP contribution in [-0.4, -0.2) is 5.11 Å². The number of aryl methyl sites for hydroxylation is 2. The fourth-order valence-electron chi connectivity index (χ4n) is 2.25. The van der Waals surface area contributed by atoms with Crippen molar-refractivity contribution >= 4 is 28.8 Å². The van der Waals surface area contributed by atoms with Gasteiger partial charge < -0.3 is 10.8 Å². The van der Waals surface area contributed by atoms with Crippen molar-refractivity contribution in [1.82, 2.24) is 0 Å². The lowest BCUT2D eigenvalue weighted by molar-refractivity contribution is 0.476. The molecule has 25 heavy (non-hydrogen) atoms. The first-order chi connectivity index (χ1) is 12.0. The van der Waals surface area contributed by atoms with E-state index < -0.39 is 0 Å². The number of phenols is 1. The Kier molecular flexibility index (Phi) is 5.05. The molecule has 0 aromatic heterocycles. The van der Waals surface area contributed by atoms with Crippen molar-refractivity contribution < 1.29 is 5.11 Å². The number of phenolic OH excluding ortho intramolecular Hbond substituents is 1. The normalized spacial score (nSPS) is 11.1. The fraction of sp³-hybridized carbons (Fsp3) is 0.100. The van der Waals surface area contributed by atoms with Gasteiger partial charge in [-0.2, -0.15) is 0 Å². The van der Waals surface area contributed by atoms with Crippen molar-refractivity contribution in [3.8, 4) is 5.75 Å². The van der Waals surface area contributed by atoms with E-state index in [1.807, 2.05) is 31.2 Å². The minimum Gasteiger partial charge on any atom is -0.506 e. The molecule has 0 fully saturated rings. The maximum atomic E-state index is 9.82. The van der Waals surface area contributed by atoms with Crippen LogP contribution in [0.4, 0.5) is 17.1 Å². The summed E-state index contributed by atoms with van der Waals surface area (Å²) in [7, 11) is 0. The number of nitrogens with zero attached hydrogens (tertiary/aromatic N) is 2. The number of nitrogens with two attached hydrogens (primary N) is 1. The summed E-state index contributed by atoms with van der Waals surface area (Å²) in [6.45, 7) is 4.00. The molecule has 5 heteroatoms. The number of nitrogen functional groups attached to an aromatic ring is 1. The van der Waals surface area contributed by atoms with Crippen molar-refractivity contribution in [2.75, 3.05) is 5.73 Å². The zero-order chi connectivity index (χ0) is 17.8. The fourth-order valence-corrected chi connectivity index (χ4v) is 3.12. The van der Waals surface area contributed by atoms with Crippen molar-refractivity contribution in [3.05, 3.63) is 71.8 Å². The number of anilines is 1. The second kappa shape index (κ2) is 7.40.